The van der Waals surface area contributed by atoms with E-state index in [1.54, 1.807) is 57.4 Å². The van der Waals surface area contributed by atoms with Gasteiger partial charge in [-0.2, -0.15) is 10.2 Å². The molecular weight excluding hydrogens is 390 g/mol. The number of amides is 2. The maximum Gasteiger partial charge on any atom is 0.312 e. The van der Waals surface area contributed by atoms with E-state index in [4.69, 9.17) is 0 Å². The molecule has 0 aliphatic carbocycles. The molecule has 2 N–H and O–H groups in total. The van der Waals surface area contributed by atoms with E-state index in [-0.39, 0.29) is 23.2 Å². The lowest BCUT2D eigenvalue weighted by atomic mass is 10.2. The summed E-state index contributed by atoms with van der Waals surface area (Å²) in [5, 5.41) is 24.8. The van der Waals surface area contributed by atoms with Gasteiger partial charge in [-0.15, -0.1) is 0 Å². The average Bonchev–Trinajstić information content (AvgIpc) is 3.25. The van der Waals surface area contributed by atoms with Crippen LogP contribution in [0.4, 0.5) is 17.1 Å². The lowest BCUT2D eigenvalue weighted by Gasteiger charge is -2.14. The molecule has 3 aromatic rings. The maximum atomic E-state index is 12.6. The molecule has 0 saturated heterocycles. The first-order valence-electron chi connectivity index (χ1n) is 9.09. The zero-order valence-electron chi connectivity index (χ0n) is 16.9. The lowest BCUT2D eigenvalue weighted by molar-refractivity contribution is -0.386. The molecular formula is C19H21N7O4. The summed E-state index contributed by atoms with van der Waals surface area (Å²) in [4.78, 5) is 35.4. The van der Waals surface area contributed by atoms with Gasteiger partial charge < -0.3 is 10.6 Å². The summed E-state index contributed by atoms with van der Waals surface area (Å²) in [7, 11) is 1.72. The molecule has 0 fully saturated rings. The second-order valence-corrected chi connectivity index (χ2v) is 6.79. The molecule has 0 bridgehead atoms. The molecule has 0 spiro atoms. The quantitative estimate of drug-likeness (QED) is 0.472. The van der Waals surface area contributed by atoms with Gasteiger partial charge in [0.2, 0.25) is 5.91 Å². The van der Waals surface area contributed by atoms with Gasteiger partial charge in [-0.3, -0.25) is 29.1 Å². The van der Waals surface area contributed by atoms with E-state index in [0.717, 1.165) is 0 Å². The second kappa shape index (κ2) is 8.15. The largest absolute Gasteiger partial charge is 0.324 e. The van der Waals surface area contributed by atoms with E-state index in [2.05, 4.69) is 20.8 Å². The van der Waals surface area contributed by atoms with Gasteiger partial charge in [-0.05, 0) is 51.1 Å². The van der Waals surface area contributed by atoms with Gasteiger partial charge in [0.05, 0.1) is 4.92 Å². The molecule has 0 aliphatic rings. The fraction of sp³-hybridized carbons (Fsp3) is 0.263. The average molecular weight is 411 g/mol. The Hall–Kier alpha value is -4.02. The van der Waals surface area contributed by atoms with Crippen molar-refractivity contribution in [2.24, 2.45) is 7.05 Å². The third-order valence-electron chi connectivity index (χ3n) is 4.57. The predicted molar refractivity (Wildman–Crippen MR) is 109 cm³/mol. The highest BCUT2D eigenvalue weighted by Crippen LogP contribution is 2.25. The molecule has 2 heterocycles. The fourth-order valence-corrected chi connectivity index (χ4v) is 3.02. The van der Waals surface area contributed by atoms with Crippen molar-refractivity contribution in [3.63, 3.8) is 0 Å². The number of benzene rings is 1. The Morgan fingerprint density at radius 2 is 1.67 bits per heavy atom. The third-order valence-corrected chi connectivity index (χ3v) is 4.57. The van der Waals surface area contributed by atoms with E-state index in [0.29, 0.717) is 22.8 Å². The van der Waals surface area contributed by atoms with Gasteiger partial charge in [0, 0.05) is 24.6 Å². The number of nitro groups is 1. The van der Waals surface area contributed by atoms with E-state index < -0.39 is 11.0 Å². The van der Waals surface area contributed by atoms with Gasteiger partial charge in [0.25, 0.3) is 5.91 Å². The Labute approximate surface area is 171 Å². The molecule has 0 saturated carbocycles. The number of aryl methyl sites for hydroxylation is 2. The van der Waals surface area contributed by atoms with E-state index >= 15 is 0 Å². The molecule has 156 valence electrons. The Morgan fingerprint density at radius 3 is 2.17 bits per heavy atom. The van der Waals surface area contributed by atoms with Crippen molar-refractivity contribution in [1.82, 2.24) is 19.6 Å². The van der Waals surface area contributed by atoms with E-state index in [9.17, 15) is 19.7 Å². The van der Waals surface area contributed by atoms with Crippen LogP contribution in [0.3, 0.4) is 0 Å². The zero-order chi connectivity index (χ0) is 22.0. The van der Waals surface area contributed by atoms with E-state index in [1.165, 1.54) is 16.3 Å². The second-order valence-electron chi connectivity index (χ2n) is 6.79. The summed E-state index contributed by atoms with van der Waals surface area (Å²) >= 11 is 0. The summed E-state index contributed by atoms with van der Waals surface area (Å²) in [5.41, 5.74) is 1.83. The third kappa shape index (κ3) is 4.19. The molecule has 11 nitrogen and oxygen atoms in total. The highest BCUT2D eigenvalue weighted by molar-refractivity contribution is 6.03. The number of carbonyl (C=O) groups is 2. The summed E-state index contributed by atoms with van der Waals surface area (Å²) in [6.45, 7) is 4.70. The molecule has 30 heavy (non-hydrogen) atoms. The van der Waals surface area contributed by atoms with Gasteiger partial charge in [0.15, 0.2) is 5.69 Å². The number of anilines is 2. The van der Waals surface area contributed by atoms with Crippen molar-refractivity contribution in [3.05, 3.63) is 63.7 Å². The topological polar surface area (TPSA) is 137 Å². The van der Waals surface area contributed by atoms with Crippen LogP contribution in [0.2, 0.25) is 0 Å². The van der Waals surface area contributed by atoms with Crippen LogP contribution in [-0.4, -0.2) is 36.3 Å². The minimum atomic E-state index is -0.749. The van der Waals surface area contributed by atoms with Crippen LogP contribution >= 0.6 is 0 Å². The summed E-state index contributed by atoms with van der Waals surface area (Å²) in [6, 6.07) is 7.44. The monoisotopic (exact) mass is 411 g/mol. The van der Waals surface area contributed by atoms with Crippen molar-refractivity contribution in [1.29, 1.82) is 0 Å². The molecule has 2 aromatic heterocycles. The Bertz CT molecular complexity index is 1110. The van der Waals surface area contributed by atoms with Crippen molar-refractivity contribution >= 4 is 28.9 Å². The first kappa shape index (κ1) is 20.7. The molecule has 1 aromatic carbocycles. The first-order valence-corrected chi connectivity index (χ1v) is 9.09. The Balaban J connectivity index is 1.66. The minimum Gasteiger partial charge on any atom is -0.324 e. The molecule has 1 atom stereocenters. The zero-order valence-corrected chi connectivity index (χ0v) is 16.9. The molecule has 3 rings (SSSR count). The highest BCUT2D eigenvalue weighted by atomic mass is 16.6. The number of hydrogen-bond acceptors (Lipinski definition) is 6. The van der Waals surface area contributed by atoms with Crippen LogP contribution in [0.1, 0.15) is 34.8 Å². The van der Waals surface area contributed by atoms with Gasteiger partial charge >= 0.3 is 5.69 Å². The van der Waals surface area contributed by atoms with Crippen LogP contribution < -0.4 is 10.6 Å². The lowest BCUT2D eigenvalue weighted by Crippen LogP contribution is -2.25. The number of hydrogen-bond donors (Lipinski definition) is 2. The van der Waals surface area contributed by atoms with Gasteiger partial charge in [-0.25, -0.2) is 0 Å². The smallest absolute Gasteiger partial charge is 0.312 e. The highest BCUT2D eigenvalue weighted by Gasteiger charge is 2.27. The number of carbonyl (C=O) groups excluding carboxylic acids is 2. The van der Waals surface area contributed by atoms with Crippen LogP contribution in [-0.2, 0) is 11.8 Å². The van der Waals surface area contributed by atoms with E-state index in [1.807, 2.05) is 0 Å². The first-order chi connectivity index (χ1) is 14.2. The number of aromatic nitrogens is 4. The summed E-state index contributed by atoms with van der Waals surface area (Å²) in [6.07, 6.45) is 1.67. The van der Waals surface area contributed by atoms with Crippen molar-refractivity contribution in [2.45, 2.75) is 26.8 Å². The maximum absolute atomic E-state index is 12.6. The normalized spacial score (nSPS) is 11.7. The fourth-order valence-electron chi connectivity index (χ4n) is 3.02. The van der Waals surface area contributed by atoms with Crippen LogP contribution in [0.15, 0.2) is 36.5 Å². The van der Waals surface area contributed by atoms with Crippen molar-refractivity contribution in [2.75, 3.05) is 10.6 Å². The van der Waals surface area contributed by atoms with Gasteiger partial charge in [-0.1, -0.05) is 0 Å². The summed E-state index contributed by atoms with van der Waals surface area (Å²) < 4.78 is 2.87. The Morgan fingerprint density at radius 1 is 1.07 bits per heavy atom. The number of rotatable bonds is 6. The standard InChI is InChI=1S/C19H21N7O4/c1-11-17(26(29)30)12(2)25(22-11)13(3)18(27)20-14-5-7-15(8-6-14)21-19(28)16-9-10-24(4)23-16/h5-10,13H,1-4H3,(H,20,27)(H,21,28). The summed E-state index contributed by atoms with van der Waals surface area (Å²) in [5.74, 6) is -0.715. The number of nitrogens with zero attached hydrogens (tertiary/aromatic N) is 5. The van der Waals surface area contributed by atoms with Crippen molar-refractivity contribution in [3.8, 4) is 0 Å². The minimum absolute atomic E-state index is 0.0948. The van der Waals surface area contributed by atoms with Crippen LogP contribution in [0.25, 0.3) is 0 Å². The van der Waals surface area contributed by atoms with Crippen LogP contribution in [0, 0.1) is 24.0 Å². The molecule has 0 aliphatic heterocycles. The van der Waals surface area contributed by atoms with Gasteiger partial charge in [0.1, 0.15) is 17.4 Å². The van der Waals surface area contributed by atoms with Crippen LogP contribution in [0.5, 0.6) is 0 Å². The molecule has 0 radical (unpaired) electrons. The predicted octanol–water partition coefficient (Wildman–Crippen LogP) is 2.59. The molecule has 11 heteroatoms. The molecule has 2 amide bonds. The number of nitrogens with one attached hydrogen (secondary N) is 2. The molecule has 1 unspecified atom stereocenters. The Kier molecular flexibility index (Phi) is 5.63. The van der Waals surface area contributed by atoms with Crippen molar-refractivity contribution < 1.29 is 14.5 Å². The SMILES string of the molecule is Cc1nn(C(C)C(=O)Nc2ccc(NC(=O)c3ccn(C)n3)cc2)c(C)c1[N+](=O)[O-].